The van der Waals surface area contributed by atoms with Gasteiger partial charge >= 0.3 is 11.9 Å². The van der Waals surface area contributed by atoms with Crippen LogP contribution in [0.5, 0.6) is 0 Å². The number of carbonyl (C=O) groups excluding carboxylic acids is 2. The van der Waals surface area contributed by atoms with E-state index in [1.54, 1.807) is 0 Å². The van der Waals surface area contributed by atoms with E-state index in [1.165, 1.54) is 14.2 Å². The van der Waals surface area contributed by atoms with Crippen molar-refractivity contribution in [2.75, 3.05) is 14.2 Å². The van der Waals surface area contributed by atoms with E-state index in [0.29, 0.717) is 6.54 Å². The van der Waals surface area contributed by atoms with Crippen LogP contribution in [0.15, 0.2) is 24.3 Å². The lowest BCUT2D eigenvalue weighted by atomic mass is 10.0. The van der Waals surface area contributed by atoms with E-state index in [1.807, 2.05) is 38.1 Å². The van der Waals surface area contributed by atoms with Crippen LogP contribution in [-0.2, 0) is 32.0 Å². The Morgan fingerprint density at radius 1 is 1.10 bits per heavy atom. The number of rotatable bonds is 7. The fourth-order valence-electron chi connectivity index (χ4n) is 2.07. The molecule has 116 valence electrons. The highest BCUT2D eigenvalue weighted by atomic mass is 16.5. The van der Waals surface area contributed by atoms with Crippen LogP contribution in [0.4, 0.5) is 0 Å². The summed E-state index contributed by atoms with van der Waals surface area (Å²) in [5, 5.41) is 3.19. The summed E-state index contributed by atoms with van der Waals surface area (Å²) < 4.78 is 9.49. The summed E-state index contributed by atoms with van der Waals surface area (Å²) in [6, 6.07) is 7.22. The predicted molar refractivity (Wildman–Crippen MR) is 79.6 cm³/mol. The van der Waals surface area contributed by atoms with E-state index >= 15 is 0 Å². The molecule has 1 unspecified atom stereocenters. The Kier molecular flexibility index (Phi) is 6.88. The van der Waals surface area contributed by atoms with Crippen molar-refractivity contribution in [3.05, 3.63) is 35.4 Å². The standard InChI is InChI=1S/C16H23NO4/c1-11(2)15(16(19)21-4)17-10-13-8-6-5-7-12(13)9-14(18)20-3/h5-8,11,15,17H,9-10H2,1-4H3. The van der Waals surface area contributed by atoms with E-state index in [2.05, 4.69) is 5.32 Å². The lowest BCUT2D eigenvalue weighted by Crippen LogP contribution is -2.41. The third-order valence-corrected chi connectivity index (χ3v) is 3.32. The second kappa shape index (κ2) is 8.42. The summed E-state index contributed by atoms with van der Waals surface area (Å²) in [6.07, 6.45) is 0.221. The first-order valence-electron chi connectivity index (χ1n) is 6.94. The van der Waals surface area contributed by atoms with Crippen molar-refractivity contribution in [3.8, 4) is 0 Å². The number of methoxy groups -OCH3 is 2. The molecule has 0 aliphatic heterocycles. The first-order chi connectivity index (χ1) is 9.99. The SMILES string of the molecule is COC(=O)Cc1ccccc1CNC(C(=O)OC)C(C)C. The van der Waals surface area contributed by atoms with Crippen molar-refractivity contribution in [3.63, 3.8) is 0 Å². The van der Waals surface area contributed by atoms with Gasteiger partial charge in [-0.2, -0.15) is 0 Å². The number of hydrogen-bond acceptors (Lipinski definition) is 5. The summed E-state index contributed by atoms with van der Waals surface area (Å²) >= 11 is 0. The molecule has 0 radical (unpaired) electrons. The van der Waals surface area contributed by atoms with E-state index in [4.69, 9.17) is 9.47 Å². The van der Waals surface area contributed by atoms with Crippen LogP contribution in [0.25, 0.3) is 0 Å². The Labute approximate surface area is 125 Å². The zero-order chi connectivity index (χ0) is 15.8. The zero-order valence-corrected chi connectivity index (χ0v) is 13.0. The van der Waals surface area contributed by atoms with Crippen LogP contribution in [0.3, 0.4) is 0 Å². The van der Waals surface area contributed by atoms with Gasteiger partial charge in [-0.05, 0) is 17.0 Å². The van der Waals surface area contributed by atoms with Crippen LogP contribution in [-0.4, -0.2) is 32.2 Å². The van der Waals surface area contributed by atoms with Gasteiger partial charge in [-0.3, -0.25) is 9.59 Å². The van der Waals surface area contributed by atoms with Gasteiger partial charge in [0.2, 0.25) is 0 Å². The van der Waals surface area contributed by atoms with Gasteiger partial charge in [-0.15, -0.1) is 0 Å². The van der Waals surface area contributed by atoms with Crippen molar-refractivity contribution in [2.24, 2.45) is 5.92 Å². The average molecular weight is 293 g/mol. The summed E-state index contributed by atoms with van der Waals surface area (Å²) in [6.45, 7) is 4.40. The van der Waals surface area contributed by atoms with Crippen molar-refractivity contribution in [1.82, 2.24) is 5.32 Å². The highest BCUT2D eigenvalue weighted by Gasteiger charge is 2.22. The van der Waals surface area contributed by atoms with Gasteiger partial charge in [0.15, 0.2) is 0 Å². The first kappa shape index (κ1) is 17.2. The molecule has 5 nitrogen and oxygen atoms in total. The van der Waals surface area contributed by atoms with E-state index in [-0.39, 0.29) is 30.3 Å². The molecule has 0 amide bonds. The Bertz CT molecular complexity index is 485. The van der Waals surface area contributed by atoms with E-state index in [0.717, 1.165) is 11.1 Å². The van der Waals surface area contributed by atoms with Crippen molar-refractivity contribution in [1.29, 1.82) is 0 Å². The molecule has 5 heteroatoms. The van der Waals surface area contributed by atoms with Crippen LogP contribution >= 0.6 is 0 Å². The minimum atomic E-state index is -0.374. The summed E-state index contributed by atoms with van der Waals surface area (Å²) in [4.78, 5) is 23.1. The summed E-state index contributed by atoms with van der Waals surface area (Å²) in [7, 11) is 2.75. The molecule has 0 aliphatic rings. The first-order valence-corrected chi connectivity index (χ1v) is 6.94. The quantitative estimate of drug-likeness (QED) is 0.775. The van der Waals surface area contributed by atoms with Gasteiger partial charge in [-0.1, -0.05) is 38.1 Å². The Balaban J connectivity index is 2.78. The number of nitrogens with one attached hydrogen (secondary N) is 1. The van der Waals surface area contributed by atoms with Gasteiger partial charge in [0.25, 0.3) is 0 Å². The largest absolute Gasteiger partial charge is 0.469 e. The molecule has 1 aromatic carbocycles. The molecule has 0 saturated heterocycles. The number of benzene rings is 1. The maximum absolute atomic E-state index is 11.7. The van der Waals surface area contributed by atoms with Gasteiger partial charge in [0, 0.05) is 6.54 Å². The van der Waals surface area contributed by atoms with E-state index in [9.17, 15) is 9.59 Å². The minimum Gasteiger partial charge on any atom is -0.469 e. The molecule has 0 heterocycles. The lowest BCUT2D eigenvalue weighted by Gasteiger charge is -2.20. The molecule has 0 spiro atoms. The van der Waals surface area contributed by atoms with Gasteiger partial charge in [-0.25, -0.2) is 0 Å². The molecular weight excluding hydrogens is 270 g/mol. The molecular formula is C16H23NO4. The molecule has 21 heavy (non-hydrogen) atoms. The molecule has 0 aromatic heterocycles. The summed E-state index contributed by atoms with van der Waals surface area (Å²) in [5.41, 5.74) is 1.86. The lowest BCUT2D eigenvalue weighted by molar-refractivity contribution is -0.144. The molecule has 1 aromatic rings. The third kappa shape index (κ3) is 5.19. The smallest absolute Gasteiger partial charge is 0.323 e. The molecule has 1 N–H and O–H groups in total. The second-order valence-corrected chi connectivity index (χ2v) is 5.15. The summed E-state index contributed by atoms with van der Waals surface area (Å²) in [5.74, 6) is -0.448. The number of ether oxygens (including phenoxy) is 2. The molecule has 0 saturated carbocycles. The van der Waals surface area contributed by atoms with Gasteiger partial charge < -0.3 is 14.8 Å². The van der Waals surface area contributed by atoms with Crippen LogP contribution < -0.4 is 5.32 Å². The molecule has 0 bridgehead atoms. The topological polar surface area (TPSA) is 64.6 Å². The molecule has 0 fully saturated rings. The highest BCUT2D eigenvalue weighted by molar-refractivity contribution is 5.76. The number of carbonyl (C=O) groups is 2. The average Bonchev–Trinajstić information content (AvgIpc) is 2.48. The second-order valence-electron chi connectivity index (χ2n) is 5.15. The van der Waals surface area contributed by atoms with Gasteiger partial charge in [0.1, 0.15) is 6.04 Å². The highest BCUT2D eigenvalue weighted by Crippen LogP contribution is 2.12. The molecule has 1 atom stereocenters. The molecule has 0 aliphatic carbocycles. The maximum Gasteiger partial charge on any atom is 0.323 e. The maximum atomic E-state index is 11.7. The fourth-order valence-corrected chi connectivity index (χ4v) is 2.07. The van der Waals surface area contributed by atoms with Crippen molar-refractivity contribution in [2.45, 2.75) is 32.9 Å². The Hall–Kier alpha value is -1.88. The fraction of sp³-hybridized carbons (Fsp3) is 0.500. The molecule has 1 rings (SSSR count). The van der Waals surface area contributed by atoms with Crippen LogP contribution in [0, 0.1) is 5.92 Å². The van der Waals surface area contributed by atoms with E-state index < -0.39 is 0 Å². The normalized spacial score (nSPS) is 12.0. The van der Waals surface area contributed by atoms with Crippen LogP contribution in [0.2, 0.25) is 0 Å². The third-order valence-electron chi connectivity index (χ3n) is 3.32. The zero-order valence-electron chi connectivity index (χ0n) is 13.0. The Morgan fingerprint density at radius 3 is 2.24 bits per heavy atom. The monoisotopic (exact) mass is 293 g/mol. The van der Waals surface area contributed by atoms with Crippen molar-refractivity contribution >= 4 is 11.9 Å². The number of hydrogen-bond donors (Lipinski definition) is 1. The van der Waals surface area contributed by atoms with Crippen molar-refractivity contribution < 1.29 is 19.1 Å². The minimum absolute atomic E-state index is 0.116. The van der Waals surface area contributed by atoms with Crippen LogP contribution in [0.1, 0.15) is 25.0 Å². The number of esters is 2. The van der Waals surface area contributed by atoms with Gasteiger partial charge in [0.05, 0.1) is 20.6 Å². The predicted octanol–water partition coefficient (Wildman–Crippen LogP) is 1.69. The Morgan fingerprint density at radius 2 is 1.71 bits per heavy atom.